The Morgan fingerprint density at radius 3 is 2.48 bits per heavy atom. The van der Waals surface area contributed by atoms with Crippen LogP contribution >= 0.6 is 0 Å². The molecular formula is C16H23BN2O2. The minimum absolute atomic E-state index is 0.301. The molecule has 112 valence electrons. The largest absolute Gasteiger partial charge is 0.487 e. The van der Waals surface area contributed by atoms with Gasteiger partial charge in [-0.3, -0.25) is 0 Å². The van der Waals surface area contributed by atoms with Crippen molar-refractivity contribution in [2.75, 3.05) is 5.32 Å². The highest BCUT2D eigenvalue weighted by Crippen LogP contribution is 2.37. The molecule has 0 spiro atoms. The number of nitrogens with one attached hydrogen (secondary N) is 1. The number of rotatable bonds is 4. The van der Waals surface area contributed by atoms with Crippen LogP contribution in [0.1, 0.15) is 46.2 Å². The number of pyridine rings is 1. The van der Waals surface area contributed by atoms with Crippen LogP contribution in [0.5, 0.6) is 0 Å². The fraction of sp³-hybridized carbons (Fsp3) is 0.562. The topological polar surface area (TPSA) is 43.4 Å². The first-order chi connectivity index (χ1) is 9.86. The van der Waals surface area contributed by atoms with E-state index in [1.165, 1.54) is 12.8 Å². The van der Waals surface area contributed by atoms with Crippen LogP contribution in [0.15, 0.2) is 24.2 Å². The summed E-state index contributed by atoms with van der Waals surface area (Å²) in [6.45, 7) is 8.22. The molecule has 0 amide bonds. The standard InChI is InChI=1S/C16H23BN2O2/c1-15(2)16(3,4)21-17(20-15)11-10-12-6-5-7-14(18-12)19-13-8-9-13/h5-7,10-11,13H,8-9H2,1-4H3,(H,18,19)/b11-10+. The second-order valence-corrected chi connectivity index (χ2v) is 6.85. The summed E-state index contributed by atoms with van der Waals surface area (Å²) in [5, 5.41) is 3.40. The lowest BCUT2D eigenvalue weighted by Gasteiger charge is -2.32. The van der Waals surface area contributed by atoms with E-state index in [1.54, 1.807) is 0 Å². The highest BCUT2D eigenvalue weighted by Gasteiger charge is 2.50. The molecule has 1 aromatic rings. The first-order valence-electron chi connectivity index (χ1n) is 7.63. The fourth-order valence-corrected chi connectivity index (χ4v) is 2.21. The molecule has 0 atom stereocenters. The Labute approximate surface area is 127 Å². The molecule has 1 aromatic heterocycles. The average Bonchev–Trinajstić information content (AvgIpc) is 3.15. The Balaban J connectivity index is 1.66. The lowest BCUT2D eigenvalue weighted by atomic mass is 9.89. The summed E-state index contributed by atoms with van der Waals surface area (Å²) in [6, 6.07) is 6.62. The number of hydrogen-bond donors (Lipinski definition) is 1. The van der Waals surface area contributed by atoms with Crippen LogP contribution in [0.3, 0.4) is 0 Å². The van der Waals surface area contributed by atoms with E-state index in [0.717, 1.165) is 11.5 Å². The zero-order chi connectivity index (χ0) is 15.1. The SMILES string of the molecule is CC1(C)OB(/C=C/c2cccc(NC3CC3)n2)OC1(C)C. The predicted molar refractivity (Wildman–Crippen MR) is 86.0 cm³/mol. The molecule has 0 aromatic carbocycles. The van der Waals surface area contributed by atoms with Gasteiger partial charge in [-0.1, -0.05) is 12.0 Å². The third kappa shape index (κ3) is 3.30. The Morgan fingerprint density at radius 2 is 1.86 bits per heavy atom. The van der Waals surface area contributed by atoms with Crippen LogP contribution < -0.4 is 5.32 Å². The lowest BCUT2D eigenvalue weighted by molar-refractivity contribution is 0.00578. The van der Waals surface area contributed by atoms with Gasteiger partial charge in [0.1, 0.15) is 5.82 Å². The van der Waals surface area contributed by atoms with Gasteiger partial charge in [0.2, 0.25) is 0 Å². The summed E-state index contributed by atoms with van der Waals surface area (Å²) < 4.78 is 11.9. The number of nitrogens with zero attached hydrogens (tertiary/aromatic N) is 1. The second-order valence-electron chi connectivity index (χ2n) is 6.85. The Morgan fingerprint density at radius 1 is 1.19 bits per heavy atom. The summed E-state index contributed by atoms with van der Waals surface area (Å²) in [4.78, 5) is 4.58. The molecular weight excluding hydrogens is 263 g/mol. The van der Waals surface area contributed by atoms with E-state index in [2.05, 4.69) is 38.0 Å². The van der Waals surface area contributed by atoms with E-state index in [-0.39, 0.29) is 18.3 Å². The van der Waals surface area contributed by atoms with Gasteiger partial charge in [0, 0.05) is 6.04 Å². The molecule has 0 bridgehead atoms. The quantitative estimate of drug-likeness (QED) is 0.862. The zero-order valence-electron chi connectivity index (χ0n) is 13.2. The lowest BCUT2D eigenvalue weighted by Crippen LogP contribution is -2.41. The van der Waals surface area contributed by atoms with Crippen LogP contribution in [-0.2, 0) is 9.31 Å². The van der Waals surface area contributed by atoms with Crippen LogP contribution in [0.25, 0.3) is 6.08 Å². The van der Waals surface area contributed by atoms with Crippen LogP contribution in [0.2, 0.25) is 0 Å². The van der Waals surface area contributed by atoms with Gasteiger partial charge >= 0.3 is 7.12 Å². The van der Waals surface area contributed by atoms with E-state index >= 15 is 0 Å². The van der Waals surface area contributed by atoms with E-state index < -0.39 is 0 Å². The van der Waals surface area contributed by atoms with Gasteiger partial charge in [-0.25, -0.2) is 4.98 Å². The Hall–Kier alpha value is -1.33. The minimum Gasteiger partial charge on any atom is -0.400 e. The summed E-state index contributed by atoms with van der Waals surface area (Å²) >= 11 is 0. The van der Waals surface area contributed by atoms with Gasteiger partial charge in [-0.05, 0) is 58.7 Å². The molecule has 1 aliphatic heterocycles. The van der Waals surface area contributed by atoms with Gasteiger partial charge in [-0.2, -0.15) is 0 Å². The maximum atomic E-state index is 5.94. The van der Waals surface area contributed by atoms with Crippen molar-refractivity contribution < 1.29 is 9.31 Å². The fourth-order valence-electron chi connectivity index (χ4n) is 2.21. The molecule has 2 aliphatic rings. The minimum atomic E-state index is -0.322. The van der Waals surface area contributed by atoms with Crippen molar-refractivity contribution >= 4 is 19.0 Å². The smallest absolute Gasteiger partial charge is 0.400 e. The van der Waals surface area contributed by atoms with Crippen molar-refractivity contribution in [3.8, 4) is 0 Å². The third-order valence-electron chi connectivity index (χ3n) is 4.40. The Bertz CT molecular complexity index is 537. The second kappa shape index (κ2) is 5.14. The van der Waals surface area contributed by atoms with Gasteiger partial charge in [0.05, 0.1) is 16.9 Å². The first kappa shape index (κ1) is 14.6. The average molecular weight is 286 g/mol. The zero-order valence-corrected chi connectivity index (χ0v) is 13.2. The molecule has 21 heavy (non-hydrogen) atoms. The molecule has 1 saturated carbocycles. The maximum absolute atomic E-state index is 5.94. The monoisotopic (exact) mass is 286 g/mol. The predicted octanol–water partition coefficient (Wildman–Crippen LogP) is 3.30. The molecule has 0 unspecified atom stereocenters. The summed E-state index contributed by atoms with van der Waals surface area (Å²) in [5.74, 6) is 2.87. The van der Waals surface area contributed by atoms with E-state index in [0.29, 0.717) is 6.04 Å². The molecule has 1 N–H and O–H groups in total. The Kier molecular flexibility index (Phi) is 3.58. The summed E-state index contributed by atoms with van der Waals surface area (Å²) in [6.07, 6.45) is 4.45. The number of aromatic nitrogens is 1. The molecule has 0 radical (unpaired) electrons. The number of anilines is 1. The highest BCUT2D eigenvalue weighted by molar-refractivity contribution is 6.52. The van der Waals surface area contributed by atoms with E-state index in [4.69, 9.17) is 9.31 Å². The van der Waals surface area contributed by atoms with Crippen LogP contribution in [-0.4, -0.2) is 29.3 Å². The molecule has 3 rings (SSSR count). The van der Waals surface area contributed by atoms with Crippen molar-refractivity contribution in [3.63, 3.8) is 0 Å². The van der Waals surface area contributed by atoms with Crippen molar-refractivity contribution in [2.24, 2.45) is 0 Å². The third-order valence-corrected chi connectivity index (χ3v) is 4.40. The molecule has 4 nitrogen and oxygen atoms in total. The van der Waals surface area contributed by atoms with Gasteiger partial charge in [-0.15, -0.1) is 0 Å². The highest BCUT2D eigenvalue weighted by atomic mass is 16.7. The van der Waals surface area contributed by atoms with Gasteiger partial charge in [0.15, 0.2) is 0 Å². The van der Waals surface area contributed by atoms with Crippen LogP contribution in [0, 0.1) is 0 Å². The first-order valence-corrected chi connectivity index (χ1v) is 7.63. The molecule has 2 fully saturated rings. The summed E-state index contributed by atoms with van der Waals surface area (Å²) in [5.41, 5.74) is 0.311. The normalized spacial score (nSPS) is 23.7. The number of hydrogen-bond acceptors (Lipinski definition) is 4. The summed E-state index contributed by atoms with van der Waals surface area (Å²) in [7, 11) is -0.322. The van der Waals surface area contributed by atoms with Crippen molar-refractivity contribution in [3.05, 3.63) is 29.9 Å². The van der Waals surface area contributed by atoms with Crippen LogP contribution in [0.4, 0.5) is 5.82 Å². The van der Waals surface area contributed by atoms with Crippen molar-refractivity contribution in [1.29, 1.82) is 0 Å². The van der Waals surface area contributed by atoms with Gasteiger partial charge in [0.25, 0.3) is 0 Å². The van der Waals surface area contributed by atoms with Gasteiger partial charge < -0.3 is 14.6 Å². The van der Waals surface area contributed by atoms with Crippen molar-refractivity contribution in [2.45, 2.75) is 57.8 Å². The van der Waals surface area contributed by atoms with Crippen molar-refractivity contribution in [1.82, 2.24) is 4.98 Å². The molecule has 2 heterocycles. The molecule has 1 aliphatic carbocycles. The van der Waals surface area contributed by atoms with E-state index in [1.807, 2.05) is 30.3 Å². The maximum Gasteiger partial charge on any atom is 0.487 e. The van der Waals surface area contributed by atoms with E-state index in [9.17, 15) is 0 Å². The molecule has 5 heteroatoms. The molecule has 1 saturated heterocycles.